The molecule has 0 fully saturated rings. The van der Waals surface area contributed by atoms with Crippen LogP contribution in [0.1, 0.15) is 34.0 Å². The van der Waals surface area contributed by atoms with Crippen molar-refractivity contribution < 1.29 is 13.9 Å². The van der Waals surface area contributed by atoms with Crippen molar-refractivity contribution in [1.29, 1.82) is 5.26 Å². The van der Waals surface area contributed by atoms with Gasteiger partial charge in [-0.1, -0.05) is 11.8 Å². The molecule has 1 amide bonds. The molecular weight excluding hydrogens is 414 g/mol. The number of carbonyl (C=O) groups is 1. The van der Waals surface area contributed by atoms with Crippen LogP contribution in [0.25, 0.3) is 0 Å². The van der Waals surface area contributed by atoms with Crippen LogP contribution in [-0.4, -0.2) is 39.5 Å². The number of aromatic nitrogens is 3. The predicted molar refractivity (Wildman–Crippen MR) is 119 cm³/mol. The summed E-state index contributed by atoms with van der Waals surface area (Å²) in [6, 6.07) is 5.91. The van der Waals surface area contributed by atoms with Crippen molar-refractivity contribution in [2.75, 3.05) is 24.8 Å². The average molecular weight is 442 g/mol. The number of carbonyl (C=O) groups excluding carboxylic acids is 1. The van der Waals surface area contributed by atoms with E-state index in [1.165, 1.54) is 11.8 Å². The summed E-state index contributed by atoms with van der Waals surface area (Å²) in [4.78, 5) is 17.4. The molecule has 0 bridgehead atoms. The highest BCUT2D eigenvalue weighted by Gasteiger charge is 2.21. The second-order valence-corrected chi connectivity index (χ2v) is 8.20. The van der Waals surface area contributed by atoms with Gasteiger partial charge in [0.2, 0.25) is 5.91 Å². The summed E-state index contributed by atoms with van der Waals surface area (Å²) in [7, 11) is 1.66. The molecule has 31 heavy (non-hydrogen) atoms. The van der Waals surface area contributed by atoms with Crippen LogP contribution in [0.3, 0.4) is 0 Å². The maximum absolute atomic E-state index is 12.8. The van der Waals surface area contributed by atoms with Crippen molar-refractivity contribution in [2.45, 2.75) is 45.9 Å². The molecule has 0 saturated carbocycles. The Kier molecular flexibility index (Phi) is 7.25. The van der Waals surface area contributed by atoms with E-state index in [0.29, 0.717) is 31.1 Å². The Morgan fingerprint density at radius 2 is 2.06 bits per heavy atom. The van der Waals surface area contributed by atoms with Crippen LogP contribution < -0.4 is 5.32 Å². The van der Waals surface area contributed by atoms with Gasteiger partial charge in [-0.2, -0.15) is 5.26 Å². The Labute approximate surface area is 186 Å². The van der Waals surface area contributed by atoms with E-state index in [2.05, 4.69) is 20.9 Å². The van der Waals surface area contributed by atoms with Crippen molar-refractivity contribution in [3.63, 3.8) is 0 Å². The first-order chi connectivity index (χ1) is 14.9. The molecule has 0 spiro atoms. The second-order valence-electron chi connectivity index (χ2n) is 7.26. The van der Waals surface area contributed by atoms with Gasteiger partial charge in [-0.05, 0) is 45.4 Å². The van der Waals surface area contributed by atoms with Gasteiger partial charge < -0.3 is 23.6 Å². The molecule has 9 heteroatoms. The van der Waals surface area contributed by atoms with Gasteiger partial charge in [-0.3, -0.25) is 4.79 Å². The first kappa shape index (κ1) is 22.7. The number of aryl methyl sites for hydroxylation is 1. The minimum atomic E-state index is -0.198. The zero-order valence-electron chi connectivity index (χ0n) is 18.5. The molecule has 3 heterocycles. The highest BCUT2D eigenvalue weighted by atomic mass is 32.2. The topological polar surface area (TPSA) is 98.0 Å². The van der Waals surface area contributed by atoms with Crippen molar-refractivity contribution in [1.82, 2.24) is 14.1 Å². The molecule has 0 atom stereocenters. The number of thioether (sulfide) groups is 1. The van der Waals surface area contributed by atoms with Crippen LogP contribution in [0.4, 0.5) is 5.82 Å². The van der Waals surface area contributed by atoms with Crippen LogP contribution in [0, 0.1) is 39.0 Å². The fourth-order valence-electron chi connectivity index (χ4n) is 3.36. The summed E-state index contributed by atoms with van der Waals surface area (Å²) >= 11 is 1.37. The molecule has 1 N–H and O–H groups in total. The summed E-state index contributed by atoms with van der Waals surface area (Å²) in [6.45, 7) is 9.46. The number of nitrogens with zero attached hydrogens (tertiary/aromatic N) is 4. The Morgan fingerprint density at radius 3 is 2.71 bits per heavy atom. The van der Waals surface area contributed by atoms with E-state index >= 15 is 0 Å². The zero-order chi connectivity index (χ0) is 22.5. The molecule has 3 aromatic rings. The van der Waals surface area contributed by atoms with Crippen LogP contribution in [-0.2, 0) is 22.6 Å². The van der Waals surface area contributed by atoms with Gasteiger partial charge in [0, 0.05) is 25.0 Å². The third-order valence-corrected chi connectivity index (χ3v) is 6.34. The normalized spacial score (nSPS) is 11.0. The van der Waals surface area contributed by atoms with E-state index in [1.54, 1.807) is 13.4 Å². The summed E-state index contributed by atoms with van der Waals surface area (Å²) in [5.74, 6) is 1.22. The minimum Gasteiger partial charge on any atom is -0.467 e. The smallest absolute Gasteiger partial charge is 0.235 e. The highest BCUT2D eigenvalue weighted by Crippen LogP contribution is 2.28. The van der Waals surface area contributed by atoms with Crippen molar-refractivity contribution in [2.24, 2.45) is 0 Å². The lowest BCUT2D eigenvalue weighted by atomic mass is 10.2. The van der Waals surface area contributed by atoms with E-state index in [0.717, 1.165) is 33.6 Å². The van der Waals surface area contributed by atoms with Gasteiger partial charge in [-0.15, -0.1) is 0 Å². The summed E-state index contributed by atoms with van der Waals surface area (Å²) in [5.41, 5.74) is 4.22. The van der Waals surface area contributed by atoms with Gasteiger partial charge in [0.1, 0.15) is 17.6 Å². The number of rotatable bonds is 9. The lowest BCUT2D eigenvalue weighted by Crippen LogP contribution is -2.19. The summed E-state index contributed by atoms with van der Waals surface area (Å²) in [5, 5.41) is 13.4. The number of imidazole rings is 1. The first-order valence-corrected chi connectivity index (χ1v) is 10.9. The lowest BCUT2D eigenvalue weighted by Gasteiger charge is -2.12. The number of amides is 1. The third-order valence-electron chi connectivity index (χ3n) is 5.37. The Hall–Kier alpha value is -2.96. The predicted octanol–water partition coefficient (Wildman–Crippen LogP) is 3.81. The minimum absolute atomic E-state index is 0.178. The van der Waals surface area contributed by atoms with Gasteiger partial charge in [0.05, 0.1) is 36.4 Å². The number of furan rings is 1. The maximum atomic E-state index is 12.8. The number of ether oxygens (including phenoxy) is 1. The van der Waals surface area contributed by atoms with Crippen LogP contribution in [0.2, 0.25) is 0 Å². The lowest BCUT2D eigenvalue weighted by molar-refractivity contribution is -0.113. The molecule has 0 unspecified atom stereocenters. The molecular formula is C22H27N5O3S. The van der Waals surface area contributed by atoms with Crippen molar-refractivity contribution in [3.05, 3.63) is 52.4 Å². The van der Waals surface area contributed by atoms with Crippen molar-refractivity contribution in [3.8, 4) is 6.07 Å². The number of methoxy groups -OCH3 is 1. The second kappa shape index (κ2) is 9.90. The van der Waals surface area contributed by atoms with E-state index in [4.69, 9.17) is 9.15 Å². The van der Waals surface area contributed by atoms with Gasteiger partial charge in [-0.25, -0.2) is 4.98 Å². The SMILES string of the molecule is COCCn1c(SCC(=O)Nc2c(C#N)c(C)c(C)n2Cc2ccco2)nc(C)c1C. The van der Waals surface area contributed by atoms with E-state index in [1.807, 2.05) is 44.4 Å². The molecule has 164 valence electrons. The standard InChI is InChI=1S/C22H27N5O3S/c1-14-16(3)27(12-18-7-6-9-30-18)21(19(14)11-23)25-20(28)13-31-22-24-15(2)17(4)26(22)8-10-29-5/h6-7,9H,8,10,12-13H2,1-5H3,(H,25,28). The largest absolute Gasteiger partial charge is 0.467 e. The molecule has 0 saturated heterocycles. The highest BCUT2D eigenvalue weighted by molar-refractivity contribution is 7.99. The molecule has 0 aliphatic carbocycles. The Morgan fingerprint density at radius 1 is 1.29 bits per heavy atom. The number of anilines is 1. The summed E-state index contributed by atoms with van der Waals surface area (Å²) < 4.78 is 14.6. The van der Waals surface area contributed by atoms with Crippen LogP contribution >= 0.6 is 11.8 Å². The van der Waals surface area contributed by atoms with Gasteiger partial charge in [0.25, 0.3) is 0 Å². The molecule has 3 aromatic heterocycles. The van der Waals surface area contributed by atoms with E-state index < -0.39 is 0 Å². The Bertz CT molecular complexity index is 1110. The first-order valence-electron chi connectivity index (χ1n) is 9.94. The number of hydrogen-bond acceptors (Lipinski definition) is 6. The van der Waals surface area contributed by atoms with Crippen LogP contribution in [0.5, 0.6) is 0 Å². The van der Waals surface area contributed by atoms with Crippen molar-refractivity contribution >= 4 is 23.5 Å². The quantitative estimate of drug-likeness (QED) is 0.507. The molecule has 0 radical (unpaired) electrons. The maximum Gasteiger partial charge on any atom is 0.235 e. The monoisotopic (exact) mass is 441 g/mol. The van der Waals surface area contributed by atoms with E-state index in [9.17, 15) is 10.1 Å². The fourth-order valence-corrected chi connectivity index (χ4v) is 4.28. The average Bonchev–Trinajstić information content (AvgIpc) is 3.41. The molecule has 0 aliphatic heterocycles. The molecule has 0 aliphatic rings. The number of nitriles is 1. The number of hydrogen-bond donors (Lipinski definition) is 1. The third kappa shape index (κ3) is 4.86. The molecule has 0 aromatic carbocycles. The van der Waals surface area contributed by atoms with Gasteiger partial charge >= 0.3 is 0 Å². The zero-order valence-corrected chi connectivity index (χ0v) is 19.3. The molecule has 8 nitrogen and oxygen atoms in total. The number of nitrogens with one attached hydrogen (secondary N) is 1. The van der Waals surface area contributed by atoms with Gasteiger partial charge in [0.15, 0.2) is 5.16 Å². The van der Waals surface area contributed by atoms with E-state index in [-0.39, 0.29) is 11.7 Å². The fraction of sp³-hybridized carbons (Fsp3) is 0.409. The Balaban J connectivity index is 1.78. The molecule has 3 rings (SSSR count). The van der Waals surface area contributed by atoms with Crippen LogP contribution in [0.15, 0.2) is 28.0 Å². The summed E-state index contributed by atoms with van der Waals surface area (Å²) in [6.07, 6.45) is 1.61.